The fourth-order valence-electron chi connectivity index (χ4n) is 3.34. The van der Waals surface area contributed by atoms with Crippen molar-refractivity contribution < 1.29 is 18.7 Å². The molecule has 1 amide bonds. The van der Waals surface area contributed by atoms with E-state index in [2.05, 4.69) is 20.3 Å². The van der Waals surface area contributed by atoms with Crippen LogP contribution in [-0.4, -0.2) is 45.7 Å². The summed E-state index contributed by atoms with van der Waals surface area (Å²) in [7, 11) is 0. The zero-order valence-electron chi connectivity index (χ0n) is 17.0. The van der Waals surface area contributed by atoms with E-state index in [9.17, 15) is 9.18 Å². The van der Waals surface area contributed by atoms with Crippen LogP contribution < -0.4 is 10.1 Å². The van der Waals surface area contributed by atoms with E-state index in [-0.39, 0.29) is 41.6 Å². The standard InChI is InChI=1S/C21H24FN5O3/c1-13(26-14(2)28)12-29-17-3-5-18(6-4-17)30-21-19(22)9-15(11-25-21)20-24-8-7-16(10-23)27-20/h7-9,11,13,17-18H,3-6,12H2,1-2H3,(H,26,28)/t13-,17-,18-/m0/s1. The number of amides is 1. The van der Waals surface area contributed by atoms with Crippen LogP contribution in [0.5, 0.6) is 5.88 Å². The highest BCUT2D eigenvalue weighted by atomic mass is 19.1. The highest BCUT2D eigenvalue weighted by Crippen LogP contribution is 2.27. The smallest absolute Gasteiger partial charge is 0.250 e. The van der Waals surface area contributed by atoms with Crippen molar-refractivity contribution in [1.82, 2.24) is 20.3 Å². The second-order valence-corrected chi connectivity index (χ2v) is 7.34. The largest absolute Gasteiger partial charge is 0.472 e. The number of hydrogen-bond acceptors (Lipinski definition) is 7. The lowest BCUT2D eigenvalue weighted by Crippen LogP contribution is -2.37. The molecule has 1 saturated carbocycles. The number of carbonyl (C=O) groups excluding carboxylic acids is 1. The summed E-state index contributed by atoms with van der Waals surface area (Å²) in [6.45, 7) is 3.84. The van der Waals surface area contributed by atoms with Crippen molar-refractivity contribution in [1.29, 1.82) is 5.26 Å². The van der Waals surface area contributed by atoms with Gasteiger partial charge < -0.3 is 14.8 Å². The number of ether oxygens (including phenoxy) is 2. The summed E-state index contributed by atoms with van der Waals surface area (Å²) in [6.07, 6.45) is 5.91. The molecule has 1 fully saturated rings. The number of hydrogen-bond donors (Lipinski definition) is 1. The van der Waals surface area contributed by atoms with Crippen molar-refractivity contribution in [2.24, 2.45) is 0 Å². The molecule has 0 bridgehead atoms. The number of rotatable bonds is 7. The van der Waals surface area contributed by atoms with Crippen molar-refractivity contribution in [2.75, 3.05) is 6.61 Å². The SMILES string of the molecule is CC(=O)N[C@@H](C)CO[C@H]1CC[C@H](Oc2ncc(-c3nccc(C#N)n3)cc2F)CC1. The third kappa shape index (κ3) is 5.94. The molecule has 0 aliphatic heterocycles. The number of aromatic nitrogens is 3. The number of halogens is 1. The second kappa shape index (κ2) is 10.1. The minimum Gasteiger partial charge on any atom is -0.472 e. The molecular formula is C21H24FN5O3. The van der Waals surface area contributed by atoms with Gasteiger partial charge in [0.1, 0.15) is 17.9 Å². The van der Waals surface area contributed by atoms with E-state index < -0.39 is 5.82 Å². The van der Waals surface area contributed by atoms with Gasteiger partial charge >= 0.3 is 0 Å². The maximum absolute atomic E-state index is 14.5. The van der Waals surface area contributed by atoms with Crippen LogP contribution in [0.4, 0.5) is 4.39 Å². The van der Waals surface area contributed by atoms with Gasteiger partial charge in [-0.15, -0.1) is 0 Å². The number of nitrogens with one attached hydrogen (secondary N) is 1. The molecule has 0 spiro atoms. The summed E-state index contributed by atoms with van der Waals surface area (Å²) >= 11 is 0. The minimum atomic E-state index is -0.596. The van der Waals surface area contributed by atoms with Gasteiger partial charge in [0.2, 0.25) is 5.91 Å². The molecule has 3 rings (SSSR count). The zero-order chi connectivity index (χ0) is 21.5. The molecule has 2 aromatic heterocycles. The van der Waals surface area contributed by atoms with Crippen LogP contribution in [0.15, 0.2) is 24.5 Å². The Kier molecular flexibility index (Phi) is 7.25. The van der Waals surface area contributed by atoms with E-state index in [1.807, 2.05) is 13.0 Å². The lowest BCUT2D eigenvalue weighted by Gasteiger charge is -2.29. The molecule has 0 saturated heterocycles. The summed E-state index contributed by atoms with van der Waals surface area (Å²) in [5.74, 6) is -0.494. The molecule has 1 aliphatic rings. The highest BCUT2D eigenvalue weighted by molar-refractivity contribution is 5.73. The van der Waals surface area contributed by atoms with Gasteiger partial charge in [-0.2, -0.15) is 5.26 Å². The average Bonchev–Trinajstić information content (AvgIpc) is 2.74. The van der Waals surface area contributed by atoms with Crippen molar-refractivity contribution in [3.8, 4) is 23.3 Å². The molecule has 30 heavy (non-hydrogen) atoms. The first-order valence-electron chi connectivity index (χ1n) is 9.89. The molecule has 9 heteroatoms. The van der Waals surface area contributed by atoms with Crippen LogP contribution in [0.25, 0.3) is 11.4 Å². The van der Waals surface area contributed by atoms with Gasteiger partial charge in [0.05, 0.1) is 12.7 Å². The summed E-state index contributed by atoms with van der Waals surface area (Å²) in [4.78, 5) is 23.2. The van der Waals surface area contributed by atoms with Crippen molar-refractivity contribution in [3.63, 3.8) is 0 Å². The van der Waals surface area contributed by atoms with Gasteiger partial charge in [0.25, 0.3) is 5.88 Å². The van der Waals surface area contributed by atoms with Crippen LogP contribution in [0, 0.1) is 17.1 Å². The van der Waals surface area contributed by atoms with Crippen molar-refractivity contribution in [3.05, 3.63) is 36.0 Å². The predicted octanol–water partition coefficient (Wildman–Crippen LogP) is 2.78. The van der Waals surface area contributed by atoms with Gasteiger partial charge in [-0.25, -0.2) is 19.3 Å². The number of carbonyl (C=O) groups is 1. The summed E-state index contributed by atoms with van der Waals surface area (Å²) < 4.78 is 26.1. The Hall–Kier alpha value is -3.12. The Bertz CT molecular complexity index is 925. The molecule has 1 N–H and O–H groups in total. The van der Waals surface area contributed by atoms with Crippen LogP contribution in [0.3, 0.4) is 0 Å². The van der Waals surface area contributed by atoms with E-state index in [4.69, 9.17) is 14.7 Å². The highest BCUT2D eigenvalue weighted by Gasteiger charge is 2.25. The molecule has 2 heterocycles. The van der Waals surface area contributed by atoms with Gasteiger partial charge in [0, 0.05) is 30.9 Å². The van der Waals surface area contributed by atoms with E-state index >= 15 is 0 Å². The third-order valence-corrected chi connectivity index (χ3v) is 4.77. The Labute approximate surface area is 174 Å². The van der Waals surface area contributed by atoms with Crippen LogP contribution in [-0.2, 0) is 9.53 Å². The lowest BCUT2D eigenvalue weighted by atomic mass is 9.95. The quantitative estimate of drug-likeness (QED) is 0.743. The normalized spacial score (nSPS) is 19.5. The molecule has 0 unspecified atom stereocenters. The number of nitrogens with zero attached hydrogens (tertiary/aromatic N) is 4. The van der Waals surface area contributed by atoms with Crippen molar-refractivity contribution in [2.45, 2.75) is 57.8 Å². The number of nitriles is 1. The van der Waals surface area contributed by atoms with E-state index in [1.54, 1.807) is 0 Å². The molecular weight excluding hydrogens is 389 g/mol. The molecule has 1 atom stereocenters. The predicted molar refractivity (Wildman–Crippen MR) is 106 cm³/mol. The average molecular weight is 413 g/mol. The van der Waals surface area contributed by atoms with Crippen molar-refractivity contribution >= 4 is 5.91 Å². The Morgan fingerprint density at radius 2 is 2.07 bits per heavy atom. The fourth-order valence-corrected chi connectivity index (χ4v) is 3.34. The molecule has 2 aromatic rings. The number of pyridine rings is 1. The van der Waals surface area contributed by atoms with Gasteiger partial charge in [0.15, 0.2) is 11.6 Å². The summed E-state index contributed by atoms with van der Waals surface area (Å²) in [5.41, 5.74) is 0.577. The van der Waals surface area contributed by atoms with Crippen LogP contribution in [0.1, 0.15) is 45.2 Å². The fraction of sp³-hybridized carbons (Fsp3) is 0.476. The first-order chi connectivity index (χ1) is 14.4. The molecule has 0 aromatic carbocycles. The van der Waals surface area contributed by atoms with E-state index in [0.29, 0.717) is 12.2 Å². The van der Waals surface area contributed by atoms with Gasteiger partial charge in [-0.1, -0.05) is 0 Å². The van der Waals surface area contributed by atoms with Gasteiger partial charge in [-0.3, -0.25) is 4.79 Å². The molecule has 1 aliphatic carbocycles. The first kappa shape index (κ1) is 21.6. The lowest BCUT2D eigenvalue weighted by molar-refractivity contribution is -0.120. The zero-order valence-corrected chi connectivity index (χ0v) is 17.0. The summed E-state index contributed by atoms with van der Waals surface area (Å²) in [6, 6.07) is 4.63. The minimum absolute atomic E-state index is 0.0360. The van der Waals surface area contributed by atoms with E-state index in [0.717, 1.165) is 25.7 Å². The van der Waals surface area contributed by atoms with Gasteiger partial charge in [-0.05, 0) is 44.7 Å². The first-order valence-corrected chi connectivity index (χ1v) is 9.89. The third-order valence-electron chi connectivity index (χ3n) is 4.77. The van der Waals surface area contributed by atoms with Crippen LogP contribution in [0.2, 0.25) is 0 Å². The van der Waals surface area contributed by atoms with E-state index in [1.165, 1.54) is 31.5 Å². The Morgan fingerprint density at radius 3 is 2.73 bits per heavy atom. The maximum Gasteiger partial charge on any atom is 0.250 e. The van der Waals surface area contributed by atoms with Crippen LogP contribution >= 0.6 is 0 Å². The molecule has 158 valence electrons. The maximum atomic E-state index is 14.5. The summed E-state index contributed by atoms with van der Waals surface area (Å²) in [5, 5.41) is 11.7. The molecule has 0 radical (unpaired) electrons. The molecule has 8 nitrogen and oxygen atoms in total. The Morgan fingerprint density at radius 1 is 1.33 bits per heavy atom. The topological polar surface area (TPSA) is 110 Å². The monoisotopic (exact) mass is 413 g/mol. The second-order valence-electron chi connectivity index (χ2n) is 7.34. The Balaban J connectivity index is 1.51.